The minimum atomic E-state index is -0.387. The van der Waals surface area contributed by atoms with Gasteiger partial charge < -0.3 is 9.72 Å². The molecule has 0 aliphatic rings. The van der Waals surface area contributed by atoms with Gasteiger partial charge >= 0.3 is 0 Å². The average molecular weight is 223 g/mol. The number of ether oxygens (including phenoxy) is 1. The quantitative estimate of drug-likeness (QED) is 0.616. The van der Waals surface area contributed by atoms with Crippen molar-refractivity contribution in [2.24, 2.45) is 0 Å². The van der Waals surface area contributed by atoms with E-state index < -0.39 is 0 Å². The van der Waals surface area contributed by atoms with E-state index in [4.69, 9.17) is 22.8 Å². The van der Waals surface area contributed by atoms with Gasteiger partial charge in [-0.1, -0.05) is 5.92 Å². The van der Waals surface area contributed by atoms with Gasteiger partial charge in [-0.05, 0) is 18.5 Å². The summed E-state index contributed by atoms with van der Waals surface area (Å²) in [5.74, 6) is 2.74. The van der Waals surface area contributed by atoms with Crippen LogP contribution >= 0.6 is 11.6 Å². The summed E-state index contributed by atoms with van der Waals surface area (Å²) in [5.41, 5.74) is 1.04. The van der Waals surface area contributed by atoms with Gasteiger partial charge in [0.2, 0.25) is 11.2 Å². The zero-order valence-corrected chi connectivity index (χ0v) is 8.62. The minimum absolute atomic E-state index is 0.0776. The Morgan fingerprint density at radius 1 is 1.60 bits per heavy atom. The smallest absolute Gasteiger partial charge is 0.245 e. The highest BCUT2D eigenvalue weighted by Gasteiger charge is 2.11. The Morgan fingerprint density at radius 3 is 3.13 bits per heavy atom. The number of terminal acetylenes is 1. The fourth-order valence-electron chi connectivity index (χ4n) is 1.07. The molecule has 5 nitrogen and oxygen atoms in total. The second-order valence-electron chi connectivity index (χ2n) is 2.83. The van der Waals surface area contributed by atoms with E-state index >= 15 is 0 Å². The molecular weight excluding hydrogens is 216 g/mol. The summed E-state index contributed by atoms with van der Waals surface area (Å²) in [6.45, 7) is 1.73. The molecule has 0 radical (unpaired) electrons. The number of nitrogens with one attached hydrogen (secondary N) is 1. The second kappa shape index (κ2) is 3.75. The van der Waals surface area contributed by atoms with Crippen molar-refractivity contribution in [3.8, 4) is 18.2 Å². The van der Waals surface area contributed by atoms with Crippen LogP contribution in [0, 0.1) is 12.3 Å². The number of aromatic amines is 1. The van der Waals surface area contributed by atoms with Crippen LogP contribution in [0.2, 0.25) is 5.28 Å². The van der Waals surface area contributed by atoms with E-state index in [1.54, 1.807) is 6.92 Å². The van der Waals surface area contributed by atoms with Gasteiger partial charge in [-0.3, -0.25) is 0 Å². The number of hydrogen-bond donors (Lipinski definition) is 1. The van der Waals surface area contributed by atoms with Gasteiger partial charge in [0.05, 0.1) is 6.33 Å². The Hall–Kier alpha value is -1.80. The second-order valence-corrected chi connectivity index (χ2v) is 3.16. The normalized spacial score (nSPS) is 12.3. The lowest BCUT2D eigenvalue weighted by Gasteiger charge is -2.07. The third-order valence-corrected chi connectivity index (χ3v) is 1.92. The topological polar surface area (TPSA) is 63.7 Å². The number of H-pyrrole nitrogens is 1. The summed E-state index contributed by atoms with van der Waals surface area (Å²) in [6, 6.07) is 0. The lowest BCUT2D eigenvalue weighted by atomic mass is 10.4. The van der Waals surface area contributed by atoms with E-state index in [-0.39, 0.29) is 11.4 Å². The maximum atomic E-state index is 5.70. The van der Waals surface area contributed by atoms with E-state index in [1.807, 2.05) is 0 Å². The van der Waals surface area contributed by atoms with E-state index in [0.717, 1.165) is 0 Å². The summed E-state index contributed by atoms with van der Waals surface area (Å²) in [7, 11) is 0. The molecule has 2 aromatic heterocycles. The molecule has 0 saturated heterocycles. The number of imidazole rings is 1. The molecule has 0 saturated carbocycles. The van der Waals surface area contributed by atoms with Crippen molar-refractivity contribution in [3.05, 3.63) is 11.6 Å². The van der Waals surface area contributed by atoms with E-state index in [9.17, 15) is 0 Å². The van der Waals surface area contributed by atoms with Crippen LogP contribution in [0.3, 0.4) is 0 Å². The molecule has 0 bridgehead atoms. The Kier molecular flexibility index (Phi) is 2.44. The van der Waals surface area contributed by atoms with Crippen LogP contribution < -0.4 is 4.74 Å². The first-order valence-electron chi connectivity index (χ1n) is 4.20. The molecule has 2 aromatic rings. The molecule has 0 spiro atoms. The molecule has 0 amide bonds. The SMILES string of the molecule is C#CC(C)Oc1nc(Cl)nc2nc[nH]c12. The molecule has 1 atom stereocenters. The number of aromatic nitrogens is 4. The van der Waals surface area contributed by atoms with Crippen LogP contribution in [0.1, 0.15) is 6.92 Å². The van der Waals surface area contributed by atoms with Crippen LogP contribution in [-0.4, -0.2) is 26.0 Å². The first kappa shape index (κ1) is 9.74. The lowest BCUT2D eigenvalue weighted by molar-refractivity contribution is 0.271. The summed E-state index contributed by atoms with van der Waals surface area (Å²) in [4.78, 5) is 14.6. The molecule has 2 heterocycles. The maximum Gasteiger partial charge on any atom is 0.245 e. The van der Waals surface area contributed by atoms with Crippen molar-refractivity contribution < 1.29 is 4.74 Å². The summed E-state index contributed by atoms with van der Waals surface area (Å²) in [5, 5.41) is 0.0776. The van der Waals surface area contributed by atoms with Gasteiger partial charge in [-0.25, -0.2) is 4.98 Å². The summed E-state index contributed by atoms with van der Waals surface area (Å²) in [6.07, 6.45) is 6.30. The van der Waals surface area contributed by atoms with Crippen LogP contribution in [-0.2, 0) is 0 Å². The summed E-state index contributed by atoms with van der Waals surface area (Å²) >= 11 is 5.70. The highest BCUT2D eigenvalue weighted by molar-refractivity contribution is 6.28. The van der Waals surface area contributed by atoms with Crippen molar-refractivity contribution in [1.29, 1.82) is 0 Å². The largest absolute Gasteiger partial charge is 0.460 e. The molecule has 1 N–H and O–H groups in total. The monoisotopic (exact) mass is 222 g/mol. The number of fused-ring (bicyclic) bond motifs is 1. The fourth-order valence-corrected chi connectivity index (χ4v) is 1.22. The zero-order chi connectivity index (χ0) is 10.8. The first-order valence-corrected chi connectivity index (χ1v) is 4.58. The molecule has 2 rings (SSSR count). The van der Waals surface area contributed by atoms with E-state index in [0.29, 0.717) is 17.0 Å². The van der Waals surface area contributed by atoms with E-state index in [2.05, 4.69) is 25.9 Å². The Bertz CT molecular complexity index is 530. The molecule has 6 heteroatoms. The summed E-state index contributed by atoms with van der Waals surface area (Å²) < 4.78 is 5.37. The van der Waals surface area contributed by atoms with Gasteiger partial charge in [0.15, 0.2) is 11.8 Å². The van der Waals surface area contributed by atoms with Crippen molar-refractivity contribution >= 4 is 22.8 Å². The minimum Gasteiger partial charge on any atom is -0.460 e. The van der Waals surface area contributed by atoms with Crippen molar-refractivity contribution in [2.75, 3.05) is 0 Å². The molecule has 15 heavy (non-hydrogen) atoms. The van der Waals surface area contributed by atoms with E-state index in [1.165, 1.54) is 6.33 Å². The molecule has 0 fully saturated rings. The Labute approximate surface area is 90.9 Å². The fraction of sp³-hybridized carbons (Fsp3) is 0.222. The van der Waals surface area contributed by atoms with Crippen molar-refractivity contribution in [3.63, 3.8) is 0 Å². The molecule has 0 aromatic carbocycles. The molecule has 0 aliphatic carbocycles. The third kappa shape index (κ3) is 1.85. The Balaban J connectivity index is 2.49. The molecule has 76 valence electrons. The van der Waals surface area contributed by atoms with Gasteiger partial charge in [0.25, 0.3) is 0 Å². The number of halogens is 1. The van der Waals surface area contributed by atoms with Crippen LogP contribution in [0.25, 0.3) is 11.2 Å². The predicted molar refractivity (Wildman–Crippen MR) is 55.6 cm³/mol. The number of rotatable bonds is 2. The number of hydrogen-bond acceptors (Lipinski definition) is 4. The molecule has 0 aliphatic heterocycles. The first-order chi connectivity index (χ1) is 7.20. The standard InChI is InChI=1S/C9H7ClN4O/c1-3-5(2)15-8-6-7(12-4-11-6)13-9(10)14-8/h1,4-5H,2H3,(H,11,12,13,14). The maximum absolute atomic E-state index is 5.70. The van der Waals surface area contributed by atoms with Gasteiger partial charge in [-0.2, -0.15) is 9.97 Å². The zero-order valence-electron chi connectivity index (χ0n) is 7.86. The molecular formula is C9H7ClN4O. The number of nitrogens with zero attached hydrogens (tertiary/aromatic N) is 3. The average Bonchev–Trinajstić information content (AvgIpc) is 2.65. The highest BCUT2D eigenvalue weighted by atomic mass is 35.5. The van der Waals surface area contributed by atoms with Gasteiger partial charge in [0.1, 0.15) is 5.52 Å². The third-order valence-electron chi connectivity index (χ3n) is 1.75. The van der Waals surface area contributed by atoms with Crippen LogP contribution in [0.15, 0.2) is 6.33 Å². The van der Waals surface area contributed by atoms with Crippen molar-refractivity contribution in [2.45, 2.75) is 13.0 Å². The lowest BCUT2D eigenvalue weighted by Crippen LogP contribution is -2.10. The van der Waals surface area contributed by atoms with Crippen LogP contribution in [0.4, 0.5) is 0 Å². The predicted octanol–water partition coefficient (Wildman–Crippen LogP) is 1.41. The highest BCUT2D eigenvalue weighted by Crippen LogP contribution is 2.21. The van der Waals surface area contributed by atoms with Crippen molar-refractivity contribution in [1.82, 2.24) is 19.9 Å². The molecule has 1 unspecified atom stereocenters. The van der Waals surface area contributed by atoms with Gasteiger partial charge in [-0.15, -0.1) is 6.42 Å². The van der Waals surface area contributed by atoms with Crippen LogP contribution in [0.5, 0.6) is 5.88 Å². The Morgan fingerprint density at radius 2 is 2.40 bits per heavy atom. The van der Waals surface area contributed by atoms with Gasteiger partial charge in [0, 0.05) is 0 Å².